The molecule has 0 unspecified atom stereocenters. The minimum atomic E-state index is -4.93. The molecule has 0 radical (unpaired) electrons. The van der Waals surface area contributed by atoms with Gasteiger partial charge in [-0.2, -0.15) is 13.2 Å². The lowest BCUT2D eigenvalue weighted by Gasteiger charge is -2.10. The molecule has 0 aromatic heterocycles. The molecular formula is C28H20F6. The van der Waals surface area contributed by atoms with Crippen LogP contribution in [-0.2, 0) is 6.42 Å². The van der Waals surface area contributed by atoms with Crippen molar-refractivity contribution in [2.24, 2.45) is 0 Å². The maximum Gasteiger partial charge on any atom is 0.458 e. The van der Waals surface area contributed by atoms with Crippen LogP contribution in [0.3, 0.4) is 0 Å². The molecule has 0 N–H and O–H groups in total. The molecule has 4 aromatic rings. The Morgan fingerprint density at radius 1 is 0.735 bits per heavy atom. The van der Waals surface area contributed by atoms with E-state index in [0.717, 1.165) is 48.1 Å². The molecule has 0 atom stereocenters. The van der Waals surface area contributed by atoms with Crippen molar-refractivity contribution in [3.8, 4) is 23.0 Å². The molecule has 4 aromatic carbocycles. The third-order valence-electron chi connectivity index (χ3n) is 5.72. The maximum atomic E-state index is 14.9. The summed E-state index contributed by atoms with van der Waals surface area (Å²) in [5.74, 6) is -1.49. The molecule has 0 saturated carbocycles. The fraction of sp³-hybridized carbons (Fsp3) is 0.214. The van der Waals surface area contributed by atoms with Gasteiger partial charge in [-0.3, -0.25) is 0 Å². The van der Waals surface area contributed by atoms with E-state index < -0.39 is 34.6 Å². The van der Waals surface area contributed by atoms with Gasteiger partial charge in [0.1, 0.15) is 11.6 Å². The van der Waals surface area contributed by atoms with E-state index in [1.807, 2.05) is 18.2 Å². The summed E-state index contributed by atoms with van der Waals surface area (Å²) >= 11 is 0. The molecule has 0 aliphatic carbocycles. The van der Waals surface area contributed by atoms with Gasteiger partial charge < -0.3 is 0 Å². The third-order valence-corrected chi connectivity index (χ3v) is 5.72. The predicted molar refractivity (Wildman–Crippen MR) is 123 cm³/mol. The lowest BCUT2D eigenvalue weighted by Crippen LogP contribution is -2.03. The summed E-state index contributed by atoms with van der Waals surface area (Å²) in [6.45, 7) is 2.15. The van der Waals surface area contributed by atoms with Gasteiger partial charge in [0, 0.05) is 5.92 Å². The lowest BCUT2D eigenvalue weighted by molar-refractivity contribution is -0.0696. The van der Waals surface area contributed by atoms with Gasteiger partial charge in [-0.25, -0.2) is 13.2 Å². The van der Waals surface area contributed by atoms with E-state index in [2.05, 4.69) is 19.1 Å². The second kappa shape index (κ2) is 9.42. The average molecular weight is 470 g/mol. The van der Waals surface area contributed by atoms with Crippen LogP contribution in [0.2, 0.25) is 0 Å². The zero-order chi connectivity index (χ0) is 24.5. The Hall–Kier alpha value is -3.46. The molecule has 0 bridgehead atoms. The van der Waals surface area contributed by atoms with Crippen molar-refractivity contribution >= 4 is 21.5 Å². The van der Waals surface area contributed by atoms with Crippen LogP contribution in [0.1, 0.15) is 37.3 Å². The summed E-state index contributed by atoms with van der Waals surface area (Å²) in [6.07, 6.45) is -0.499. The Morgan fingerprint density at radius 2 is 1.44 bits per heavy atom. The topological polar surface area (TPSA) is 0 Å². The van der Waals surface area contributed by atoms with Crippen LogP contribution in [0.15, 0.2) is 54.6 Å². The first-order valence-corrected chi connectivity index (χ1v) is 10.9. The van der Waals surface area contributed by atoms with Crippen LogP contribution in [0, 0.1) is 29.3 Å². The first-order valence-electron chi connectivity index (χ1n) is 10.9. The van der Waals surface area contributed by atoms with Gasteiger partial charge in [-0.05, 0) is 70.0 Å². The number of hydrogen-bond acceptors (Lipinski definition) is 0. The van der Waals surface area contributed by atoms with Crippen molar-refractivity contribution in [1.29, 1.82) is 0 Å². The van der Waals surface area contributed by atoms with Gasteiger partial charge in [0.05, 0.1) is 10.9 Å². The third kappa shape index (κ3) is 5.04. The number of benzene rings is 4. The molecule has 0 fully saturated rings. The number of halogens is 6. The van der Waals surface area contributed by atoms with Crippen LogP contribution < -0.4 is 0 Å². The number of aryl methyl sites for hydroxylation is 1. The number of unbranched alkanes of at least 4 members (excludes halogenated alkanes) is 2. The highest BCUT2D eigenvalue weighted by Gasteiger charge is 2.24. The van der Waals surface area contributed by atoms with Crippen LogP contribution in [0.4, 0.5) is 26.3 Å². The van der Waals surface area contributed by atoms with Crippen molar-refractivity contribution in [2.45, 2.75) is 38.8 Å². The van der Waals surface area contributed by atoms with Gasteiger partial charge in [0.2, 0.25) is 0 Å². The van der Waals surface area contributed by atoms with Gasteiger partial charge >= 0.3 is 6.18 Å². The largest absolute Gasteiger partial charge is 0.458 e. The Morgan fingerprint density at radius 3 is 2.18 bits per heavy atom. The zero-order valence-electron chi connectivity index (χ0n) is 18.3. The summed E-state index contributed by atoms with van der Waals surface area (Å²) < 4.78 is 81.0. The maximum absolute atomic E-state index is 14.9. The highest BCUT2D eigenvalue weighted by atomic mass is 19.4. The SMILES string of the molecule is CCCCCc1ccc2cc(-c3cc(F)c4c(F)c(C#CC(F)(F)F)c(F)cc4c3)ccc2c1. The summed E-state index contributed by atoms with van der Waals surface area (Å²) in [5.41, 5.74) is 1.17. The Balaban J connectivity index is 1.74. The number of rotatable bonds is 5. The van der Waals surface area contributed by atoms with E-state index >= 15 is 0 Å². The molecule has 6 heteroatoms. The van der Waals surface area contributed by atoms with Crippen LogP contribution in [0.5, 0.6) is 0 Å². The quantitative estimate of drug-likeness (QED) is 0.155. The molecular weight excluding hydrogens is 450 g/mol. The Kier molecular flexibility index (Phi) is 6.56. The van der Waals surface area contributed by atoms with Crippen molar-refractivity contribution in [2.75, 3.05) is 0 Å². The van der Waals surface area contributed by atoms with Crippen LogP contribution >= 0.6 is 0 Å². The minimum absolute atomic E-state index is 0.103. The zero-order valence-corrected chi connectivity index (χ0v) is 18.3. The van der Waals surface area contributed by atoms with Gasteiger partial charge in [-0.15, -0.1) is 0 Å². The fourth-order valence-corrected chi connectivity index (χ4v) is 4.04. The average Bonchev–Trinajstić information content (AvgIpc) is 2.77. The number of fused-ring (bicyclic) bond motifs is 2. The van der Waals surface area contributed by atoms with Crippen LogP contribution in [-0.4, -0.2) is 6.18 Å². The summed E-state index contributed by atoms with van der Waals surface area (Å²) in [4.78, 5) is 0. The van der Waals surface area contributed by atoms with Crippen molar-refractivity contribution in [3.63, 3.8) is 0 Å². The first kappa shape index (κ1) is 23.7. The molecule has 4 rings (SSSR count). The molecule has 0 amide bonds. The summed E-state index contributed by atoms with van der Waals surface area (Å²) in [7, 11) is 0. The molecule has 0 aliphatic rings. The van der Waals surface area contributed by atoms with Gasteiger partial charge in [0.25, 0.3) is 0 Å². The standard InChI is InChI=1S/C28H20F6/c1-2-3-4-5-17-6-7-19-13-20(9-8-18(19)12-17)21-14-22-16-24(29)23(10-11-28(32,33)34)27(31)26(22)25(30)15-21/h6-9,12-16H,2-5H2,1H3. The van der Waals surface area contributed by atoms with Crippen molar-refractivity contribution in [3.05, 3.63) is 83.2 Å². The van der Waals surface area contributed by atoms with Gasteiger partial charge in [-0.1, -0.05) is 56.0 Å². The lowest BCUT2D eigenvalue weighted by atomic mass is 9.96. The number of alkyl halides is 3. The van der Waals surface area contributed by atoms with E-state index in [1.54, 1.807) is 6.07 Å². The molecule has 0 saturated heterocycles. The van der Waals surface area contributed by atoms with Crippen molar-refractivity contribution < 1.29 is 26.3 Å². The molecule has 0 spiro atoms. The molecule has 174 valence electrons. The van der Waals surface area contributed by atoms with E-state index in [1.165, 1.54) is 24.0 Å². The monoisotopic (exact) mass is 470 g/mol. The van der Waals surface area contributed by atoms with Gasteiger partial charge in [0.15, 0.2) is 5.82 Å². The first-order chi connectivity index (χ1) is 16.2. The second-order valence-electron chi connectivity index (χ2n) is 8.20. The van der Waals surface area contributed by atoms with E-state index in [4.69, 9.17) is 0 Å². The highest BCUT2D eigenvalue weighted by molar-refractivity contribution is 5.92. The number of hydrogen-bond donors (Lipinski definition) is 0. The second-order valence-corrected chi connectivity index (χ2v) is 8.20. The predicted octanol–water partition coefficient (Wildman–Crippen LogP) is 8.72. The Labute approximate surface area is 193 Å². The molecule has 34 heavy (non-hydrogen) atoms. The normalized spacial score (nSPS) is 11.6. The molecule has 0 heterocycles. The smallest absolute Gasteiger partial charge is 0.206 e. The van der Waals surface area contributed by atoms with Crippen molar-refractivity contribution in [1.82, 2.24) is 0 Å². The summed E-state index contributed by atoms with van der Waals surface area (Å²) in [6, 6.07) is 15.0. The Bertz CT molecular complexity index is 1440. The minimum Gasteiger partial charge on any atom is -0.206 e. The molecule has 0 nitrogen and oxygen atoms in total. The fourth-order valence-electron chi connectivity index (χ4n) is 4.04. The summed E-state index contributed by atoms with van der Waals surface area (Å²) in [5, 5.41) is 1.26. The van der Waals surface area contributed by atoms with E-state index in [0.29, 0.717) is 11.1 Å². The van der Waals surface area contributed by atoms with Crippen LogP contribution in [0.25, 0.3) is 32.7 Å². The van der Waals surface area contributed by atoms with E-state index in [-0.39, 0.29) is 5.39 Å². The van der Waals surface area contributed by atoms with E-state index in [9.17, 15) is 26.3 Å². The molecule has 0 aliphatic heterocycles. The highest BCUT2D eigenvalue weighted by Crippen LogP contribution is 2.33.